The van der Waals surface area contributed by atoms with Crippen LogP contribution in [0.25, 0.3) is 5.76 Å². The van der Waals surface area contributed by atoms with Gasteiger partial charge in [-0.3, -0.25) is 14.4 Å². The van der Waals surface area contributed by atoms with Crippen LogP contribution in [0.4, 0.5) is 0 Å². The Morgan fingerprint density at radius 3 is 2.34 bits per heavy atom. The van der Waals surface area contributed by atoms with Crippen molar-refractivity contribution >= 4 is 50.9 Å². The topological polar surface area (TPSA) is 86.7 Å². The first-order valence-corrected chi connectivity index (χ1v) is 10.0. The number of likely N-dealkylation sites (tertiary alicyclic amines) is 1. The predicted molar refractivity (Wildman–Crippen MR) is 113 cm³/mol. The summed E-state index contributed by atoms with van der Waals surface area (Å²) in [5.41, 5.74) is 1.06. The second-order valence-corrected chi connectivity index (χ2v) is 7.89. The molecule has 0 saturated carbocycles. The quantitative estimate of drug-likeness (QED) is 0.391. The molecule has 29 heavy (non-hydrogen) atoms. The number of nitrogens with one attached hydrogen (secondary N) is 1. The highest BCUT2D eigenvalue weighted by Gasteiger charge is 2.45. The molecule has 2 aromatic rings. The number of rotatable bonds is 5. The van der Waals surface area contributed by atoms with Crippen molar-refractivity contribution in [2.24, 2.45) is 0 Å². The largest absolute Gasteiger partial charge is 0.507 e. The molecule has 3 rings (SSSR count). The zero-order chi connectivity index (χ0) is 21.1. The minimum atomic E-state index is -0.771. The highest BCUT2D eigenvalue weighted by Crippen LogP contribution is 2.39. The highest BCUT2D eigenvalue weighted by molar-refractivity contribution is 9.10. The van der Waals surface area contributed by atoms with E-state index in [2.05, 4.69) is 21.2 Å². The predicted octanol–water partition coefficient (Wildman–Crippen LogP) is 3.66. The summed E-state index contributed by atoms with van der Waals surface area (Å²) in [5.74, 6) is -2.00. The van der Waals surface area contributed by atoms with Gasteiger partial charge >= 0.3 is 0 Å². The van der Waals surface area contributed by atoms with E-state index in [4.69, 9.17) is 11.6 Å². The summed E-state index contributed by atoms with van der Waals surface area (Å²) >= 11 is 9.28. The first kappa shape index (κ1) is 21.1. The van der Waals surface area contributed by atoms with E-state index in [-0.39, 0.29) is 30.3 Å². The van der Waals surface area contributed by atoms with Crippen LogP contribution in [0.5, 0.6) is 0 Å². The molecule has 1 saturated heterocycles. The lowest BCUT2D eigenvalue weighted by molar-refractivity contribution is -0.139. The molecule has 2 N–H and O–H groups in total. The second-order valence-electron chi connectivity index (χ2n) is 6.53. The molecule has 1 atom stereocenters. The van der Waals surface area contributed by atoms with Crippen molar-refractivity contribution in [3.63, 3.8) is 0 Å². The maximum Gasteiger partial charge on any atom is 0.295 e. The Kier molecular flexibility index (Phi) is 6.39. The van der Waals surface area contributed by atoms with E-state index in [1.807, 2.05) is 0 Å². The van der Waals surface area contributed by atoms with Gasteiger partial charge in [-0.2, -0.15) is 0 Å². The number of carbonyl (C=O) groups is 3. The molecule has 1 aliphatic rings. The van der Waals surface area contributed by atoms with Crippen LogP contribution in [0.3, 0.4) is 0 Å². The normalized spacial score (nSPS) is 18.2. The van der Waals surface area contributed by atoms with Gasteiger partial charge in [0.25, 0.3) is 11.7 Å². The molecule has 0 unspecified atom stereocenters. The zero-order valence-corrected chi connectivity index (χ0v) is 17.8. The fraction of sp³-hybridized carbons (Fsp3) is 0.190. The maximum absolute atomic E-state index is 12.8. The summed E-state index contributed by atoms with van der Waals surface area (Å²) < 4.78 is 0.842. The van der Waals surface area contributed by atoms with Crippen LogP contribution >= 0.6 is 27.5 Å². The number of carbonyl (C=O) groups excluding carboxylic acids is 3. The molecule has 0 spiro atoms. The standard InChI is InChI=1S/C21H18BrClN2O4/c1-12(26)24-10-11-25-18(13-2-6-15(22)7-3-13)17(20(28)21(25)29)19(27)14-4-8-16(23)9-5-14/h2-9,18,27H,10-11H2,1H3,(H,24,26)/t18-/m0/s1. The third-order valence-electron chi connectivity index (χ3n) is 4.57. The van der Waals surface area contributed by atoms with Crippen molar-refractivity contribution in [3.8, 4) is 0 Å². The van der Waals surface area contributed by atoms with Crippen molar-refractivity contribution in [1.82, 2.24) is 10.2 Å². The summed E-state index contributed by atoms with van der Waals surface area (Å²) in [7, 11) is 0. The van der Waals surface area contributed by atoms with Crippen LogP contribution < -0.4 is 5.32 Å². The average Bonchev–Trinajstić information content (AvgIpc) is 2.93. The molecule has 0 radical (unpaired) electrons. The van der Waals surface area contributed by atoms with Gasteiger partial charge in [0.1, 0.15) is 5.76 Å². The lowest BCUT2D eigenvalue weighted by Gasteiger charge is -2.25. The van der Waals surface area contributed by atoms with Gasteiger partial charge in [0, 0.05) is 35.1 Å². The Morgan fingerprint density at radius 2 is 1.76 bits per heavy atom. The minimum Gasteiger partial charge on any atom is -0.507 e. The van der Waals surface area contributed by atoms with Crippen molar-refractivity contribution in [1.29, 1.82) is 0 Å². The summed E-state index contributed by atoms with van der Waals surface area (Å²) in [6.07, 6.45) is 0. The van der Waals surface area contributed by atoms with Crippen molar-refractivity contribution in [2.45, 2.75) is 13.0 Å². The van der Waals surface area contributed by atoms with E-state index in [9.17, 15) is 19.5 Å². The van der Waals surface area contributed by atoms with Crippen LogP contribution in [0.1, 0.15) is 24.1 Å². The number of benzene rings is 2. The van der Waals surface area contributed by atoms with E-state index < -0.39 is 17.7 Å². The fourth-order valence-corrected chi connectivity index (χ4v) is 3.61. The highest BCUT2D eigenvalue weighted by atomic mass is 79.9. The smallest absolute Gasteiger partial charge is 0.295 e. The summed E-state index contributed by atoms with van der Waals surface area (Å²) in [6.45, 7) is 1.69. The van der Waals surface area contributed by atoms with Gasteiger partial charge in [-0.1, -0.05) is 39.7 Å². The number of hydrogen-bond acceptors (Lipinski definition) is 4. The summed E-state index contributed by atoms with van der Waals surface area (Å²) in [4.78, 5) is 38.1. The molecule has 150 valence electrons. The third-order valence-corrected chi connectivity index (χ3v) is 5.35. The van der Waals surface area contributed by atoms with Crippen molar-refractivity contribution in [2.75, 3.05) is 13.1 Å². The van der Waals surface area contributed by atoms with E-state index in [1.165, 1.54) is 11.8 Å². The summed E-state index contributed by atoms with van der Waals surface area (Å²) in [5, 5.41) is 14.0. The second kappa shape index (κ2) is 8.80. The van der Waals surface area contributed by atoms with Crippen LogP contribution in [0.15, 0.2) is 58.6 Å². The molecular weight excluding hydrogens is 460 g/mol. The molecule has 6 nitrogen and oxygen atoms in total. The van der Waals surface area contributed by atoms with Gasteiger partial charge in [0.15, 0.2) is 0 Å². The van der Waals surface area contributed by atoms with Gasteiger partial charge < -0.3 is 15.3 Å². The Labute approximate surface area is 181 Å². The first-order valence-electron chi connectivity index (χ1n) is 8.84. The molecule has 2 amide bonds. The van der Waals surface area contributed by atoms with Crippen LogP contribution in [-0.2, 0) is 14.4 Å². The van der Waals surface area contributed by atoms with E-state index in [0.717, 1.165) is 4.47 Å². The number of aliphatic hydroxyl groups is 1. The lowest BCUT2D eigenvalue weighted by atomic mass is 9.95. The van der Waals surface area contributed by atoms with Crippen LogP contribution in [0.2, 0.25) is 5.02 Å². The average molecular weight is 478 g/mol. The number of amides is 2. The number of aliphatic hydroxyl groups excluding tert-OH is 1. The van der Waals surface area contributed by atoms with Crippen molar-refractivity contribution < 1.29 is 19.5 Å². The fourth-order valence-electron chi connectivity index (χ4n) is 3.22. The molecule has 1 heterocycles. The van der Waals surface area contributed by atoms with Gasteiger partial charge in [-0.25, -0.2) is 0 Å². The molecule has 0 bridgehead atoms. The van der Waals surface area contributed by atoms with Crippen molar-refractivity contribution in [3.05, 3.63) is 74.7 Å². The monoisotopic (exact) mass is 476 g/mol. The number of Topliss-reactive ketones (excluding diaryl/α,β-unsaturated/α-hetero) is 1. The Hall–Kier alpha value is -2.64. The van der Waals surface area contributed by atoms with Gasteiger partial charge in [-0.15, -0.1) is 0 Å². The van der Waals surface area contributed by atoms with Gasteiger partial charge in [-0.05, 0) is 42.0 Å². The molecule has 8 heteroatoms. The van der Waals surface area contributed by atoms with Gasteiger partial charge in [0.2, 0.25) is 5.91 Å². The molecular formula is C21H18BrClN2O4. The molecule has 1 fully saturated rings. The maximum atomic E-state index is 12.8. The first-order chi connectivity index (χ1) is 13.8. The summed E-state index contributed by atoms with van der Waals surface area (Å²) in [6, 6.07) is 12.7. The Balaban J connectivity index is 2.08. The zero-order valence-electron chi connectivity index (χ0n) is 15.5. The minimum absolute atomic E-state index is 0.00229. The number of ketones is 1. The van der Waals surface area contributed by atoms with E-state index in [0.29, 0.717) is 16.1 Å². The van der Waals surface area contributed by atoms with Crippen LogP contribution in [-0.4, -0.2) is 40.7 Å². The molecule has 0 aromatic heterocycles. The molecule has 1 aliphatic heterocycles. The molecule has 2 aromatic carbocycles. The van der Waals surface area contributed by atoms with Crippen LogP contribution in [0, 0.1) is 0 Å². The van der Waals surface area contributed by atoms with E-state index >= 15 is 0 Å². The Morgan fingerprint density at radius 1 is 1.14 bits per heavy atom. The van der Waals surface area contributed by atoms with E-state index in [1.54, 1.807) is 48.5 Å². The lowest BCUT2D eigenvalue weighted by Crippen LogP contribution is -2.37. The SMILES string of the molecule is CC(=O)NCCN1C(=O)C(=O)C(=C(O)c2ccc(Cl)cc2)[C@@H]1c1ccc(Br)cc1. The third kappa shape index (κ3) is 4.52. The van der Waals surface area contributed by atoms with Gasteiger partial charge in [0.05, 0.1) is 11.6 Å². The number of nitrogens with zero attached hydrogens (tertiary/aromatic N) is 1. The molecule has 0 aliphatic carbocycles. The number of halogens is 2. The number of hydrogen-bond donors (Lipinski definition) is 2. The Bertz CT molecular complexity index is 987.